The van der Waals surface area contributed by atoms with E-state index < -0.39 is 0 Å². The van der Waals surface area contributed by atoms with Gasteiger partial charge < -0.3 is 9.97 Å². The molecule has 1 radical (unpaired) electrons. The first-order valence-electron chi connectivity index (χ1n) is 3.52. The number of hydrogen-bond acceptors (Lipinski definition) is 3. The molecule has 0 aliphatic rings. The van der Waals surface area contributed by atoms with Crippen LogP contribution < -0.4 is 0 Å². The van der Waals surface area contributed by atoms with E-state index in [4.69, 9.17) is 12.2 Å². The van der Waals surface area contributed by atoms with Crippen LogP contribution in [0.25, 0.3) is 5.65 Å². The Kier molecular flexibility index (Phi) is 3.32. The van der Waals surface area contributed by atoms with E-state index in [-0.39, 0.29) is 32.7 Å². The Morgan fingerprint density at radius 3 is 2.77 bits per heavy atom. The van der Waals surface area contributed by atoms with Crippen LogP contribution >= 0.6 is 12.2 Å². The van der Waals surface area contributed by atoms with Crippen molar-refractivity contribution in [2.24, 2.45) is 0 Å². The summed E-state index contributed by atoms with van der Waals surface area (Å²) < 4.78 is 2.04. The van der Waals surface area contributed by atoms with E-state index >= 15 is 0 Å². The summed E-state index contributed by atoms with van der Waals surface area (Å²) in [4.78, 5) is 6.67. The number of fused-ring (bicyclic) bond motifs is 1. The third kappa shape index (κ3) is 1.73. The van der Waals surface area contributed by atoms with Crippen molar-refractivity contribution in [3.05, 3.63) is 22.4 Å². The van der Waals surface area contributed by atoms with Crippen molar-refractivity contribution in [3.63, 3.8) is 0 Å². The maximum absolute atomic E-state index is 4.96. The van der Waals surface area contributed by atoms with Crippen LogP contribution in [0.3, 0.4) is 0 Å². The van der Waals surface area contributed by atoms with Crippen LogP contribution in [0.4, 0.5) is 0 Å². The van der Waals surface area contributed by atoms with Gasteiger partial charge in [-0.25, -0.2) is 0 Å². The molecule has 0 atom stereocenters. The summed E-state index contributed by atoms with van der Waals surface area (Å²) >= 11 is 4.96. The molecule has 1 N–H and O–H groups in total. The molecule has 2 rings (SSSR count). The molecular weight excluding hydrogens is 261 g/mol. The van der Waals surface area contributed by atoms with Crippen LogP contribution in [0.5, 0.6) is 0 Å². The molecule has 0 amide bonds. The van der Waals surface area contributed by atoms with Gasteiger partial charge in [-0.15, -0.1) is 12.2 Å². The normalized spacial score (nSPS) is 10.0. The fourth-order valence-electron chi connectivity index (χ4n) is 1.07. The minimum atomic E-state index is 0. The van der Waals surface area contributed by atoms with E-state index in [1.807, 2.05) is 13.8 Å². The Bertz CT molecular complexity index is 487. The van der Waals surface area contributed by atoms with Gasteiger partial charge in [0.2, 0.25) is 0 Å². The third-order valence-electron chi connectivity index (χ3n) is 1.87. The molecule has 13 heavy (non-hydrogen) atoms. The molecule has 4 nitrogen and oxygen atoms in total. The molecule has 6 heteroatoms. The van der Waals surface area contributed by atoms with Crippen molar-refractivity contribution in [1.29, 1.82) is 0 Å². The molecule has 0 aliphatic carbocycles. The van der Waals surface area contributed by atoms with E-state index in [0.29, 0.717) is 4.77 Å². The second kappa shape index (κ2) is 3.94. The summed E-state index contributed by atoms with van der Waals surface area (Å²) in [6, 6.07) is 0. The molecule has 0 saturated heterocycles. The number of H-pyrrole nitrogens is 1. The summed E-state index contributed by atoms with van der Waals surface area (Å²) in [7, 11) is 0. The molecule has 2 aromatic heterocycles. The van der Waals surface area contributed by atoms with E-state index in [9.17, 15) is 0 Å². The largest absolute Gasteiger partial charge is 0.438 e. The minimum Gasteiger partial charge on any atom is -0.438 e. The maximum Gasteiger partial charge on any atom is 0.108 e. The van der Waals surface area contributed by atoms with Crippen LogP contribution in [0.15, 0.2) is 0 Å². The number of aromatic amines is 1. The number of aromatic nitrogens is 4. The summed E-state index contributed by atoms with van der Waals surface area (Å²) in [5.74, 6) is 0. The second-order valence-electron chi connectivity index (χ2n) is 2.60. The average Bonchev–Trinajstić information content (AvgIpc) is 2.32. The molecule has 0 aromatic carbocycles. The Morgan fingerprint density at radius 2 is 2.15 bits per heavy atom. The van der Waals surface area contributed by atoms with E-state index in [2.05, 4.69) is 21.4 Å². The third-order valence-corrected chi connectivity index (χ3v) is 2.13. The molecule has 0 unspecified atom stereocenters. The van der Waals surface area contributed by atoms with E-state index in [1.54, 1.807) is 4.52 Å². The standard InChI is InChI=1S/C7H7N4S.Y/c1-4-5(2)10-11-6(4)8-3-9-7(11)12;/h1-2H3,(H,8,9,12);/q-1;. The van der Waals surface area contributed by atoms with Crippen molar-refractivity contribution in [1.82, 2.24) is 19.6 Å². The monoisotopic (exact) mass is 268 g/mol. The quantitative estimate of drug-likeness (QED) is 0.577. The Morgan fingerprint density at radius 1 is 1.46 bits per heavy atom. The maximum atomic E-state index is 4.96. The number of rotatable bonds is 0. The van der Waals surface area contributed by atoms with E-state index in [0.717, 1.165) is 16.9 Å². The Hall–Kier alpha value is -0.126. The average molecular weight is 268 g/mol. The predicted octanol–water partition coefficient (Wildman–Crippen LogP) is 1.20. The molecule has 0 bridgehead atoms. The van der Waals surface area contributed by atoms with Gasteiger partial charge in [-0.1, -0.05) is 0 Å². The topological polar surface area (TPSA) is 46.0 Å². The van der Waals surface area contributed by atoms with Crippen LogP contribution in [0.2, 0.25) is 0 Å². The molecule has 0 saturated carbocycles. The van der Waals surface area contributed by atoms with Gasteiger partial charge in [0, 0.05) is 44.7 Å². The first-order valence-corrected chi connectivity index (χ1v) is 3.93. The van der Waals surface area contributed by atoms with Crippen molar-refractivity contribution < 1.29 is 32.7 Å². The van der Waals surface area contributed by atoms with Gasteiger partial charge in [0.15, 0.2) is 0 Å². The van der Waals surface area contributed by atoms with Crippen LogP contribution in [-0.2, 0) is 32.7 Å². The molecule has 65 valence electrons. The molecule has 0 spiro atoms. The Labute approximate surface area is 106 Å². The smallest absolute Gasteiger partial charge is 0.108 e. The summed E-state index contributed by atoms with van der Waals surface area (Å²) in [5, 5.41) is 4.21. The van der Waals surface area contributed by atoms with Crippen molar-refractivity contribution in [2.45, 2.75) is 13.8 Å². The predicted molar refractivity (Wildman–Crippen MR) is 46.5 cm³/mol. The second-order valence-corrected chi connectivity index (χ2v) is 2.97. The van der Waals surface area contributed by atoms with Gasteiger partial charge >= 0.3 is 0 Å². The van der Waals surface area contributed by atoms with Crippen LogP contribution in [0, 0.1) is 24.9 Å². The minimum absolute atomic E-state index is 0. The van der Waals surface area contributed by atoms with Crippen LogP contribution in [-0.4, -0.2) is 19.6 Å². The molecule has 2 aromatic rings. The van der Waals surface area contributed by atoms with Gasteiger partial charge in [0.05, 0.1) is 5.69 Å². The zero-order chi connectivity index (χ0) is 8.72. The van der Waals surface area contributed by atoms with Gasteiger partial charge in [0.1, 0.15) is 4.77 Å². The van der Waals surface area contributed by atoms with E-state index in [1.165, 1.54) is 0 Å². The zero-order valence-electron chi connectivity index (χ0n) is 7.33. The van der Waals surface area contributed by atoms with Crippen molar-refractivity contribution in [3.8, 4) is 0 Å². The SMILES string of the molecule is Cc1nn2c(=S)n[c-][nH]c2c1C.[Y]. The van der Waals surface area contributed by atoms with Gasteiger partial charge in [-0.05, 0) is 19.4 Å². The number of hydrogen-bond donors (Lipinski definition) is 1. The Balaban J connectivity index is 0.000000845. The molecule has 0 aliphatic heterocycles. The van der Waals surface area contributed by atoms with Gasteiger partial charge in [-0.3, -0.25) is 4.52 Å². The molecule has 2 heterocycles. The summed E-state index contributed by atoms with van der Waals surface area (Å²) in [6.07, 6.45) is 2.62. The van der Waals surface area contributed by atoms with Crippen molar-refractivity contribution >= 4 is 17.9 Å². The summed E-state index contributed by atoms with van der Waals surface area (Å²) in [5.41, 5.74) is 2.91. The summed E-state index contributed by atoms with van der Waals surface area (Å²) in [6.45, 7) is 3.92. The number of aryl methyl sites for hydroxylation is 2. The first-order chi connectivity index (χ1) is 5.70. The first kappa shape index (κ1) is 11.0. The van der Waals surface area contributed by atoms with Gasteiger partial charge in [-0.2, -0.15) is 5.10 Å². The number of nitrogens with one attached hydrogen (secondary N) is 1. The fraction of sp³-hybridized carbons (Fsp3) is 0.286. The fourth-order valence-corrected chi connectivity index (χ4v) is 1.24. The van der Waals surface area contributed by atoms with Crippen LogP contribution in [0.1, 0.15) is 11.3 Å². The molecule has 0 fully saturated rings. The molecular formula is C7H7N4SY-. The number of nitrogens with zero attached hydrogens (tertiary/aromatic N) is 3. The van der Waals surface area contributed by atoms with Crippen molar-refractivity contribution in [2.75, 3.05) is 0 Å². The van der Waals surface area contributed by atoms with Gasteiger partial charge in [0.25, 0.3) is 0 Å². The zero-order valence-corrected chi connectivity index (χ0v) is 11.0.